The molecule has 0 atom stereocenters. The van der Waals surface area contributed by atoms with Crippen molar-refractivity contribution < 1.29 is 17.5 Å². The predicted molar refractivity (Wildman–Crippen MR) is 65.7 cm³/mol. The second-order valence-electron chi connectivity index (χ2n) is 3.31. The fourth-order valence-electron chi connectivity index (χ4n) is 1.21. The highest BCUT2D eigenvalue weighted by Gasteiger charge is 2.11. The highest BCUT2D eigenvalue weighted by atomic mass is 35.5. The summed E-state index contributed by atoms with van der Waals surface area (Å²) in [4.78, 5) is 0. The molecule has 0 amide bonds. The zero-order chi connectivity index (χ0) is 12.9. The van der Waals surface area contributed by atoms with Crippen molar-refractivity contribution in [3.05, 3.63) is 24.0 Å². The van der Waals surface area contributed by atoms with E-state index in [0.717, 1.165) is 6.07 Å². The van der Waals surface area contributed by atoms with Gasteiger partial charge in [0.15, 0.2) is 11.6 Å². The van der Waals surface area contributed by atoms with Crippen LogP contribution < -0.4 is 9.46 Å². The van der Waals surface area contributed by atoms with Gasteiger partial charge in [-0.25, -0.2) is 12.8 Å². The molecule has 0 heterocycles. The van der Waals surface area contributed by atoms with Crippen LogP contribution >= 0.6 is 11.6 Å². The average Bonchev–Trinajstić information content (AvgIpc) is 2.26. The molecule has 0 saturated carbocycles. The van der Waals surface area contributed by atoms with E-state index in [1.54, 1.807) is 0 Å². The van der Waals surface area contributed by atoms with Crippen LogP contribution in [0.15, 0.2) is 18.2 Å². The van der Waals surface area contributed by atoms with Crippen molar-refractivity contribution in [2.45, 2.75) is 6.42 Å². The van der Waals surface area contributed by atoms with Gasteiger partial charge in [0.2, 0.25) is 10.0 Å². The summed E-state index contributed by atoms with van der Waals surface area (Å²) in [6.45, 7) is 0. The number of halogens is 2. The van der Waals surface area contributed by atoms with Gasteiger partial charge in [-0.2, -0.15) is 0 Å². The quantitative estimate of drug-likeness (QED) is 0.814. The monoisotopic (exact) mass is 281 g/mol. The van der Waals surface area contributed by atoms with Crippen molar-refractivity contribution in [3.8, 4) is 5.75 Å². The summed E-state index contributed by atoms with van der Waals surface area (Å²) in [6, 6.07) is 3.85. The third kappa shape index (κ3) is 4.40. The van der Waals surface area contributed by atoms with Crippen LogP contribution in [0.25, 0.3) is 0 Å². The first-order valence-corrected chi connectivity index (χ1v) is 7.07. The maximum absolute atomic E-state index is 13.3. The topological polar surface area (TPSA) is 55.4 Å². The Bertz CT molecular complexity index is 478. The molecule has 4 nitrogen and oxygen atoms in total. The number of methoxy groups -OCH3 is 1. The standard InChI is InChI=1S/C10H13ClFNO3S/c1-16-10-4-3-8(7-9(10)12)13-17(14,15)6-2-5-11/h3-4,7,13H,2,5-6H2,1H3. The van der Waals surface area contributed by atoms with Crippen molar-refractivity contribution in [1.82, 2.24) is 0 Å². The molecule has 0 aliphatic carbocycles. The summed E-state index contributed by atoms with van der Waals surface area (Å²) in [5.41, 5.74) is 0.165. The molecule has 17 heavy (non-hydrogen) atoms. The Morgan fingerprint density at radius 3 is 2.71 bits per heavy atom. The largest absolute Gasteiger partial charge is 0.494 e. The Kier molecular flexibility index (Phi) is 5.02. The Labute approximate surface area is 105 Å². The first kappa shape index (κ1) is 14.1. The summed E-state index contributed by atoms with van der Waals surface area (Å²) >= 11 is 5.41. The molecule has 0 unspecified atom stereocenters. The lowest BCUT2D eigenvalue weighted by molar-refractivity contribution is 0.386. The van der Waals surface area contributed by atoms with Crippen molar-refractivity contribution in [2.24, 2.45) is 0 Å². The molecule has 0 aliphatic rings. The van der Waals surface area contributed by atoms with Crippen LogP contribution in [0.1, 0.15) is 6.42 Å². The number of benzene rings is 1. The first-order chi connectivity index (χ1) is 7.98. The van der Waals surface area contributed by atoms with Crippen LogP contribution in [0, 0.1) is 5.82 Å². The van der Waals surface area contributed by atoms with Gasteiger partial charge < -0.3 is 4.74 Å². The van der Waals surface area contributed by atoms with Gasteiger partial charge in [0.25, 0.3) is 0 Å². The van der Waals surface area contributed by atoms with Crippen molar-refractivity contribution in [3.63, 3.8) is 0 Å². The number of ether oxygens (including phenoxy) is 1. The Morgan fingerprint density at radius 2 is 2.18 bits per heavy atom. The normalized spacial score (nSPS) is 11.2. The highest BCUT2D eigenvalue weighted by Crippen LogP contribution is 2.21. The first-order valence-electron chi connectivity index (χ1n) is 4.88. The molecule has 1 aromatic rings. The molecule has 1 N–H and O–H groups in total. The zero-order valence-electron chi connectivity index (χ0n) is 9.24. The predicted octanol–water partition coefficient (Wildman–Crippen LogP) is 2.20. The van der Waals surface area contributed by atoms with Gasteiger partial charge in [0.1, 0.15) is 0 Å². The van der Waals surface area contributed by atoms with E-state index in [4.69, 9.17) is 16.3 Å². The van der Waals surface area contributed by atoms with Gasteiger partial charge >= 0.3 is 0 Å². The molecular weight excluding hydrogens is 269 g/mol. The lowest BCUT2D eigenvalue weighted by Crippen LogP contribution is -2.17. The van der Waals surface area contributed by atoms with Crippen molar-refractivity contribution >= 4 is 27.3 Å². The van der Waals surface area contributed by atoms with Crippen LogP contribution in [-0.2, 0) is 10.0 Å². The molecule has 1 rings (SSSR count). The molecule has 0 radical (unpaired) electrons. The molecule has 1 aromatic carbocycles. The number of hydrogen-bond acceptors (Lipinski definition) is 3. The van der Waals surface area contributed by atoms with Crippen molar-refractivity contribution in [1.29, 1.82) is 0 Å². The number of hydrogen-bond donors (Lipinski definition) is 1. The number of nitrogens with one attached hydrogen (secondary N) is 1. The number of rotatable bonds is 6. The van der Waals surface area contributed by atoms with E-state index >= 15 is 0 Å². The van der Waals surface area contributed by atoms with Gasteiger partial charge in [-0.3, -0.25) is 4.72 Å². The Hall–Kier alpha value is -1.01. The van der Waals surface area contributed by atoms with E-state index in [-0.39, 0.29) is 23.1 Å². The second kappa shape index (κ2) is 6.07. The zero-order valence-corrected chi connectivity index (χ0v) is 10.8. The number of alkyl halides is 1. The van der Waals surface area contributed by atoms with Gasteiger partial charge in [-0.05, 0) is 18.6 Å². The second-order valence-corrected chi connectivity index (χ2v) is 5.53. The van der Waals surface area contributed by atoms with Crippen molar-refractivity contribution in [2.75, 3.05) is 23.5 Å². The summed E-state index contributed by atoms with van der Waals surface area (Å²) < 4.78 is 43.3. The van der Waals surface area contributed by atoms with E-state index in [9.17, 15) is 12.8 Å². The van der Waals surface area contributed by atoms with Gasteiger partial charge in [0, 0.05) is 11.9 Å². The van der Waals surface area contributed by atoms with Crippen LogP contribution in [0.3, 0.4) is 0 Å². The average molecular weight is 282 g/mol. The van der Waals surface area contributed by atoms with E-state index in [1.165, 1.54) is 19.2 Å². The van der Waals surface area contributed by atoms with E-state index in [0.29, 0.717) is 6.42 Å². The maximum Gasteiger partial charge on any atom is 0.232 e. The van der Waals surface area contributed by atoms with Crippen LogP contribution in [0.4, 0.5) is 10.1 Å². The van der Waals surface area contributed by atoms with E-state index in [2.05, 4.69) is 4.72 Å². The third-order valence-corrected chi connectivity index (χ3v) is 3.61. The van der Waals surface area contributed by atoms with Crippen LogP contribution in [0.5, 0.6) is 5.75 Å². The summed E-state index contributed by atoms with van der Waals surface area (Å²) in [5.74, 6) is -0.388. The maximum atomic E-state index is 13.3. The summed E-state index contributed by atoms with van der Waals surface area (Å²) in [6.07, 6.45) is 0.343. The molecule has 0 bridgehead atoms. The smallest absolute Gasteiger partial charge is 0.232 e. The lowest BCUT2D eigenvalue weighted by atomic mass is 10.3. The van der Waals surface area contributed by atoms with Gasteiger partial charge in [-0.1, -0.05) is 0 Å². The number of sulfonamides is 1. The molecule has 0 fully saturated rings. The van der Waals surface area contributed by atoms with Crippen LogP contribution in [-0.4, -0.2) is 27.2 Å². The summed E-state index contributed by atoms with van der Waals surface area (Å²) in [7, 11) is -2.14. The Morgan fingerprint density at radius 1 is 1.47 bits per heavy atom. The fourth-order valence-corrected chi connectivity index (χ4v) is 2.61. The number of anilines is 1. The third-order valence-electron chi connectivity index (χ3n) is 1.97. The molecule has 0 spiro atoms. The van der Waals surface area contributed by atoms with Crippen LogP contribution in [0.2, 0.25) is 0 Å². The Balaban J connectivity index is 2.78. The SMILES string of the molecule is COc1ccc(NS(=O)(=O)CCCCl)cc1F. The van der Waals surface area contributed by atoms with E-state index < -0.39 is 15.8 Å². The highest BCUT2D eigenvalue weighted by molar-refractivity contribution is 7.92. The molecule has 96 valence electrons. The minimum absolute atomic E-state index is 0.0636. The molecule has 0 aliphatic heterocycles. The molecule has 0 saturated heterocycles. The lowest BCUT2D eigenvalue weighted by Gasteiger charge is -2.08. The molecule has 0 aromatic heterocycles. The molecular formula is C10H13ClFNO3S. The minimum Gasteiger partial charge on any atom is -0.494 e. The van der Waals surface area contributed by atoms with Gasteiger partial charge in [0.05, 0.1) is 18.6 Å². The molecule has 7 heteroatoms. The summed E-state index contributed by atoms with van der Waals surface area (Å²) in [5, 5.41) is 0. The minimum atomic E-state index is -3.48. The van der Waals surface area contributed by atoms with Gasteiger partial charge in [-0.15, -0.1) is 11.6 Å². The van der Waals surface area contributed by atoms with E-state index in [1.807, 2.05) is 0 Å². The fraction of sp³-hybridized carbons (Fsp3) is 0.400.